The predicted octanol–water partition coefficient (Wildman–Crippen LogP) is 0.274. The maximum absolute atomic E-state index is 5.17. The van der Waals surface area contributed by atoms with E-state index in [0.717, 1.165) is 26.3 Å². The lowest BCUT2D eigenvalue weighted by atomic mass is 10.4. The van der Waals surface area contributed by atoms with Gasteiger partial charge in [-0.2, -0.15) is 0 Å². The standard InChI is InChI=1S/C9H21NO3/c1-4-13-6-5-10-7-9(12-3)8-11-2/h9-10H,4-8H2,1-3H3. The van der Waals surface area contributed by atoms with Gasteiger partial charge in [0.05, 0.1) is 19.3 Å². The van der Waals surface area contributed by atoms with Gasteiger partial charge in [-0.1, -0.05) is 0 Å². The maximum Gasteiger partial charge on any atom is 0.0928 e. The summed E-state index contributed by atoms with van der Waals surface area (Å²) in [5.74, 6) is 0. The third kappa shape index (κ3) is 8.18. The summed E-state index contributed by atoms with van der Waals surface area (Å²) >= 11 is 0. The van der Waals surface area contributed by atoms with Crippen LogP contribution in [0.3, 0.4) is 0 Å². The Morgan fingerprint density at radius 1 is 1.31 bits per heavy atom. The highest BCUT2D eigenvalue weighted by Crippen LogP contribution is 1.87. The van der Waals surface area contributed by atoms with Gasteiger partial charge in [0.25, 0.3) is 0 Å². The average molecular weight is 191 g/mol. The van der Waals surface area contributed by atoms with Crippen LogP contribution < -0.4 is 5.32 Å². The summed E-state index contributed by atoms with van der Waals surface area (Å²) in [5.41, 5.74) is 0. The molecule has 4 nitrogen and oxygen atoms in total. The molecule has 1 unspecified atom stereocenters. The summed E-state index contributed by atoms with van der Waals surface area (Å²) in [5, 5.41) is 3.23. The molecule has 0 rings (SSSR count). The van der Waals surface area contributed by atoms with E-state index in [1.165, 1.54) is 0 Å². The van der Waals surface area contributed by atoms with Gasteiger partial charge in [0.15, 0.2) is 0 Å². The minimum atomic E-state index is 0.131. The summed E-state index contributed by atoms with van der Waals surface area (Å²) in [4.78, 5) is 0. The molecule has 0 heterocycles. The molecule has 0 saturated carbocycles. The SMILES string of the molecule is CCOCCNCC(COC)OC. The van der Waals surface area contributed by atoms with Crippen LogP contribution in [-0.4, -0.2) is 53.2 Å². The molecule has 0 bridgehead atoms. The van der Waals surface area contributed by atoms with E-state index in [4.69, 9.17) is 14.2 Å². The van der Waals surface area contributed by atoms with Crippen molar-refractivity contribution in [1.82, 2.24) is 5.32 Å². The lowest BCUT2D eigenvalue weighted by molar-refractivity contribution is 0.0277. The van der Waals surface area contributed by atoms with Gasteiger partial charge in [0, 0.05) is 33.9 Å². The molecule has 0 aliphatic heterocycles. The van der Waals surface area contributed by atoms with Gasteiger partial charge < -0.3 is 19.5 Å². The number of ether oxygens (including phenoxy) is 3. The Morgan fingerprint density at radius 2 is 2.08 bits per heavy atom. The lowest BCUT2D eigenvalue weighted by Crippen LogP contribution is -2.33. The largest absolute Gasteiger partial charge is 0.382 e. The zero-order chi connectivity index (χ0) is 9.94. The predicted molar refractivity (Wildman–Crippen MR) is 52.0 cm³/mol. The minimum absolute atomic E-state index is 0.131. The van der Waals surface area contributed by atoms with Gasteiger partial charge in [0.2, 0.25) is 0 Å². The molecule has 0 radical (unpaired) electrons. The molecule has 4 heteroatoms. The van der Waals surface area contributed by atoms with E-state index in [9.17, 15) is 0 Å². The van der Waals surface area contributed by atoms with E-state index in [1.54, 1.807) is 14.2 Å². The van der Waals surface area contributed by atoms with Gasteiger partial charge >= 0.3 is 0 Å². The second-order valence-electron chi connectivity index (χ2n) is 2.71. The van der Waals surface area contributed by atoms with Crippen molar-refractivity contribution in [1.29, 1.82) is 0 Å². The molecule has 0 saturated heterocycles. The zero-order valence-electron chi connectivity index (χ0n) is 8.84. The topological polar surface area (TPSA) is 39.7 Å². The first-order valence-corrected chi connectivity index (χ1v) is 4.65. The third-order valence-corrected chi connectivity index (χ3v) is 1.69. The highest BCUT2D eigenvalue weighted by Gasteiger charge is 2.04. The zero-order valence-corrected chi connectivity index (χ0v) is 8.84. The molecule has 1 atom stereocenters. The second kappa shape index (κ2) is 9.92. The van der Waals surface area contributed by atoms with Crippen LogP contribution in [0.4, 0.5) is 0 Å². The molecule has 0 amide bonds. The van der Waals surface area contributed by atoms with Crippen molar-refractivity contribution >= 4 is 0 Å². The summed E-state index contributed by atoms with van der Waals surface area (Å²) < 4.78 is 15.3. The number of hydrogen-bond donors (Lipinski definition) is 1. The lowest BCUT2D eigenvalue weighted by Gasteiger charge is -2.14. The Balaban J connectivity index is 3.17. The van der Waals surface area contributed by atoms with Gasteiger partial charge in [-0.3, -0.25) is 0 Å². The average Bonchev–Trinajstić information content (AvgIpc) is 2.16. The smallest absolute Gasteiger partial charge is 0.0928 e. The first-order chi connectivity index (χ1) is 6.35. The minimum Gasteiger partial charge on any atom is -0.382 e. The fourth-order valence-electron chi connectivity index (χ4n) is 0.948. The van der Waals surface area contributed by atoms with Crippen molar-refractivity contribution in [2.45, 2.75) is 13.0 Å². The molecule has 1 N–H and O–H groups in total. The Bertz CT molecular complexity index is 101. The van der Waals surface area contributed by atoms with E-state index < -0.39 is 0 Å². The van der Waals surface area contributed by atoms with Crippen LogP contribution in [0.2, 0.25) is 0 Å². The normalized spacial score (nSPS) is 13.2. The first-order valence-electron chi connectivity index (χ1n) is 4.65. The van der Waals surface area contributed by atoms with Crippen LogP contribution in [0.5, 0.6) is 0 Å². The van der Waals surface area contributed by atoms with Crippen molar-refractivity contribution in [3.05, 3.63) is 0 Å². The second-order valence-corrected chi connectivity index (χ2v) is 2.71. The van der Waals surface area contributed by atoms with Gasteiger partial charge in [-0.25, -0.2) is 0 Å². The van der Waals surface area contributed by atoms with Crippen molar-refractivity contribution < 1.29 is 14.2 Å². The quantitative estimate of drug-likeness (QED) is 0.531. The summed E-state index contributed by atoms with van der Waals surface area (Å²) in [6.07, 6.45) is 0.131. The van der Waals surface area contributed by atoms with Crippen LogP contribution in [0.25, 0.3) is 0 Å². The van der Waals surface area contributed by atoms with Crippen molar-refractivity contribution in [2.24, 2.45) is 0 Å². The molecular weight excluding hydrogens is 170 g/mol. The van der Waals surface area contributed by atoms with Gasteiger partial charge in [-0.05, 0) is 6.92 Å². The highest BCUT2D eigenvalue weighted by atomic mass is 16.5. The van der Waals surface area contributed by atoms with Crippen molar-refractivity contribution in [3.63, 3.8) is 0 Å². The Morgan fingerprint density at radius 3 is 2.62 bits per heavy atom. The fourth-order valence-corrected chi connectivity index (χ4v) is 0.948. The van der Waals surface area contributed by atoms with Gasteiger partial charge in [0.1, 0.15) is 0 Å². The summed E-state index contributed by atoms with van der Waals surface area (Å²) in [7, 11) is 3.36. The first kappa shape index (κ1) is 12.8. The van der Waals surface area contributed by atoms with Crippen LogP contribution >= 0.6 is 0 Å². The number of nitrogens with one attached hydrogen (secondary N) is 1. The van der Waals surface area contributed by atoms with E-state index in [2.05, 4.69) is 5.32 Å². The number of hydrogen-bond acceptors (Lipinski definition) is 4. The Hall–Kier alpha value is -0.160. The third-order valence-electron chi connectivity index (χ3n) is 1.69. The number of rotatable bonds is 9. The van der Waals surface area contributed by atoms with Crippen LogP contribution in [0.15, 0.2) is 0 Å². The molecule has 13 heavy (non-hydrogen) atoms. The maximum atomic E-state index is 5.17. The van der Waals surface area contributed by atoms with Crippen LogP contribution in [-0.2, 0) is 14.2 Å². The molecule has 0 aromatic heterocycles. The highest BCUT2D eigenvalue weighted by molar-refractivity contribution is 4.59. The molecular formula is C9H21NO3. The van der Waals surface area contributed by atoms with Gasteiger partial charge in [-0.15, -0.1) is 0 Å². The van der Waals surface area contributed by atoms with Crippen LogP contribution in [0.1, 0.15) is 6.92 Å². The summed E-state index contributed by atoms with van der Waals surface area (Å²) in [6, 6.07) is 0. The van der Waals surface area contributed by atoms with Crippen molar-refractivity contribution in [3.8, 4) is 0 Å². The summed E-state index contributed by atoms with van der Waals surface area (Å²) in [6.45, 7) is 5.79. The molecule has 0 fully saturated rings. The molecule has 0 aromatic rings. The molecule has 0 spiro atoms. The number of methoxy groups -OCH3 is 2. The molecule has 0 aromatic carbocycles. The Kier molecular flexibility index (Phi) is 9.80. The van der Waals surface area contributed by atoms with E-state index >= 15 is 0 Å². The molecule has 0 aliphatic carbocycles. The monoisotopic (exact) mass is 191 g/mol. The van der Waals surface area contributed by atoms with Crippen molar-refractivity contribution in [2.75, 3.05) is 47.1 Å². The fraction of sp³-hybridized carbons (Fsp3) is 1.00. The molecule has 80 valence electrons. The van der Waals surface area contributed by atoms with E-state index in [-0.39, 0.29) is 6.10 Å². The Labute approximate surface area is 80.5 Å². The van der Waals surface area contributed by atoms with E-state index in [1.807, 2.05) is 6.92 Å². The van der Waals surface area contributed by atoms with E-state index in [0.29, 0.717) is 6.61 Å². The van der Waals surface area contributed by atoms with Crippen LogP contribution in [0, 0.1) is 0 Å². The molecule has 0 aliphatic rings.